The first-order valence-corrected chi connectivity index (χ1v) is 4.62. The Morgan fingerprint density at radius 3 is 2.71 bits per heavy atom. The number of amides is 1. The van der Waals surface area contributed by atoms with Gasteiger partial charge in [-0.3, -0.25) is 4.79 Å². The number of aliphatic hydroxyl groups is 1. The normalized spacial score (nSPS) is 12.2. The van der Waals surface area contributed by atoms with Crippen LogP contribution in [0.3, 0.4) is 0 Å². The van der Waals surface area contributed by atoms with E-state index in [1.165, 1.54) is 6.92 Å². The van der Waals surface area contributed by atoms with Gasteiger partial charge in [-0.05, 0) is 11.6 Å². The lowest BCUT2D eigenvalue weighted by atomic mass is 10.00. The molecule has 1 aromatic carbocycles. The fourth-order valence-electron chi connectivity index (χ4n) is 1.33. The number of anilines is 1. The zero-order chi connectivity index (χ0) is 10.6. The van der Waals surface area contributed by atoms with Gasteiger partial charge in [0, 0.05) is 25.1 Å². The van der Waals surface area contributed by atoms with E-state index in [-0.39, 0.29) is 18.4 Å². The molecule has 1 unspecified atom stereocenters. The van der Waals surface area contributed by atoms with Crippen LogP contribution < -0.4 is 5.32 Å². The molecule has 3 heteroatoms. The maximum absolute atomic E-state index is 10.9. The molecule has 0 aromatic heterocycles. The third-order valence-corrected chi connectivity index (χ3v) is 2.08. The second-order valence-corrected chi connectivity index (χ2v) is 3.35. The first kappa shape index (κ1) is 10.7. The molecule has 0 fully saturated rings. The summed E-state index contributed by atoms with van der Waals surface area (Å²) in [5.41, 5.74) is 1.74. The summed E-state index contributed by atoms with van der Waals surface area (Å²) in [6, 6.07) is 7.50. The van der Waals surface area contributed by atoms with Crippen LogP contribution in [0.15, 0.2) is 24.3 Å². The molecule has 1 rings (SSSR count). The first-order valence-electron chi connectivity index (χ1n) is 4.62. The predicted octanol–water partition coefficient (Wildman–Crippen LogP) is 1.74. The summed E-state index contributed by atoms with van der Waals surface area (Å²) >= 11 is 0. The van der Waals surface area contributed by atoms with E-state index in [2.05, 4.69) is 5.32 Å². The second kappa shape index (κ2) is 4.77. The number of benzene rings is 1. The number of hydrogen-bond donors (Lipinski definition) is 2. The summed E-state index contributed by atoms with van der Waals surface area (Å²) in [5.74, 6) is -0.0550. The monoisotopic (exact) mass is 193 g/mol. The Kier molecular flexibility index (Phi) is 3.65. The van der Waals surface area contributed by atoms with E-state index in [0.717, 1.165) is 11.3 Å². The van der Waals surface area contributed by atoms with Crippen LogP contribution in [0.5, 0.6) is 0 Å². The fourth-order valence-corrected chi connectivity index (χ4v) is 1.33. The zero-order valence-corrected chi connectivity index (χ0v) is 8.45. The third kappa shape index (κ3) is 2.57. The smallest absolute Gasteiger partial charge is 0.221 e. The molecule has 3 nitrogen and oxygen atoms in total. The number of rotatable bonds is 3. The number of nitrogens with one attached hydrogen (secondary N) is 1. The second-order valence-electron chi connectivity index (χ2n) is 3.35. The fraction of sp³-hybridized carbons (Fsp3) is 0.364. The molecule has 0 aliphatic heterocycles. The van der Waals surface area contributed by atoms with Crippen molar-refractivity contribution < 1.29 is 9.90 Å². The maximum Gasteiger partial charge on any atom is 0.221 e. The van der Waals surface area contributed by atoms with E-state index >= 15 is 0 Å². The van der Waals surface area contributed by atoms with Crippen molar-refractivity contribution in [3.05, 3.63) is 29.8 Å². The largest absolute Gasteiger partial charge is 0.396 e. The van der Waals surface area contributed by atoms with Gasteiger partial charge in [-0.1, -0.05) is 25.1 Å². The van der Waals surface area contributed by atoms with Gasteiger partial charge in [0.05, 0.1) is 0 Å². The highest BCUT2D eigenvalue weighted by atomic mass is 16.3. The Labute approximate surface area is 83.8 Å². The van der Waals surface area contributed by atoms with Gasteiger partial charge in [-0.25, -0.2) is 0 Å². The molecular formula is C11H15NO2. The summed E-state index contributed by atoms with van der Waals surface area (Å²) in [5, 5.41) is 11.8. The summed E-state index contributed by atoms with van der Waals surface area (Å²) in [6.45, 7) is 3.47. The molecule has 0 radical (unpaired) electrons. The van der Waals surface area contributed by atoms with Gasteiger partial charge in [0.1, 0.15) is 0 Å². The van der Waals surface area contributed by atoms with Crippen LogP contribution in [-0.4, -0.2) is 17.6 Å². The van der Waals surface area contributed by atoms with Crippen LogP contribution in [0, 0.1) is 0 Å². The lowest BCUT2D eigenvalue weighted by Crippen LogP contribution is -2.10. The van der Waals surface area contributed by atoms with Crippen LogP contribution in [0.2, 0.25) is 0 Å². The molecule has 0 heterocycles. The first-order chi connectivity index (χ1) is 6.65. The highest BCUT2D eigenvalue weighted by molar-refractivity contribution is 5.89. The van der Waals surface area contributed by atoms with E-state index in [1.54, 1.807) is 0 Å². The van der Waals surface area contributed by atoms with Gasteiger partial charge in [-0.15, -0.1) is 0 Å². The van der Waals surface area contributed by atoms with Crippen molar-refractivity contribution in [1.82, 2.24) is 0 Å². The molecule has 0 bridgehead atoms. The quantitative estimate of drug-likeness (QED) is 0.768. The van der Waals surface area contributed by atoms with Crippen molar-refractivity contribution in [3.8, 4) is 0 Å². The Hall–Kier alpha value is -1.35. The summed E-state index contributed by atoms with van der Waals surface area (Å²) < 4.78 is 0. The summed E-state index contributed by atoms with van der Waals surface area (Å²) in [4.78, 5) is 10.9. The molecule has 0 spiro atoms. The van der Waals surface area contributed by atoms with Crippen molar-refractivity contribution >= 4 is 11.6 Å². The molecule has 0 aliphatic rings. The van der Waals surface area contributed by atoms with Crippen LogP contribution in [0.4, 0.5) is 5.69 Å². The Morgan fingerprint density at radius 2 is 2.14 bits per heavy atom. The van der Waals surface area contributed by atoms with E-state index in [1.807, 2.05) is 31.2 Å². The molecule has 1 amide bonds. The van der Waals surface area contributed by atoms with Crippen molar-refractivity contribution in [1.29, 1.82) is 0 Å². The predicted molar refractivity (Wildman–Crippen MR) is 56.2 cm³/mol. The number of aliphatic hydroxyl groups excluding tert-OH is 1. The van der Waals surface area contributed by atoms with Gasteiger partial charge < -0.3 is 10.4 Å². The van der Waals surface area contributed by atoms with E-state index in [9.17, 15) is 4.79 Å². The van der Waals surface area contributed by atoms with E-state index in [4.69, 9.17) is 5.11 Å². The summed E-state index contributed by atoms with van der Waals surface area (Å²) in [7, 11) is 0. The molecule has 1 atom stereocenters. The molecule has 1 aromatic rings. The highest BCUT2D eigenvalue weighted by Gasteiger charge is 2.09. The molecule has 2 N–H and O–H groups in total. The van der Waals surface area contributed by atoms with Crippen LogP contribution in [-0.2, 0) is 4.79 Å². The van der Waals surface area contributed by atoms with Gasteiger partial charge in [0.15, 0.2) is 0 Å². The maximum atomic E-state index is 10.9. The van der Waals surface area contributed by atoms with Crippen molar-refractivity contribution in [2.75, 3.05) is 11.9 Å². The Bertz CT molecular complexity index is 323. The number of carbonyl (C=O) groups is 1. The minimum Gasteiger partial charge on any atom is -0.396 e. The van der Waals surface area contributed by atoms with Gasteiger partial charge >= 0.3 is 0 Å². The van der Waals surface area contributed by atoms with Crippen LogP contribution in [0.1, 0.15) is 25.3 Å². The van der Waals surface area contributed by atoms with Crippen LogP contribution >= 0.6 is 0 Å². The lowest BCUT2D eigenvalue weighted by Gasteiger charge is -2.13. The third-order valence-electron chi connectivity index (χ3n) is 2.08. The highest BCUT2D eigenvalue weighted by Crippen LogP contribution is 2.23. The van der Waals surface area contributed by atoms with Crippen molar-refractivity contribution in [3.63, 3.8) is 0 Å². The molecule has 0 saturated heterocycles. The van der Waals surface area contributed by atoms with Gasteiger partial charge in [-0.2, -0.15) is 0 Å². The van der Waals surface area contributed by atoms with Crippen LogP contribution in [0.25, 0.3) is 0 Å². The minimum atomic E-state index is -0.0948. The number of carbonyl (C=O) groups excluding carboxylic acids is 1. The van der Waals surface area contributed by atoms with Gasteiger partial charge in [0.25, 0.3) is 0 Å². The Balaban J connectivity index is 2.96. The molecule has 0 saturated carbocycles. The van der Waals surface area contributed by atoms with Crippen molar-refractivity contribution in [2.45, 2.75) is 19.8 Å². The van der Waals surface area contributed by atoms with E-state index < -0.39 is 0 Å². The average Bonchev–Trinajstić information content (AvgIpc) is 2.16. The minimum absolute atomic E-state index is 0.0399. The van der Waals surface area contributed by atoms with Crippen molar-refractivity contribution in [2.24, 2.45) is 0 Å². The Morgan fingerprint density at radius 1 is 1.50 bits per heavy atom. The molecular weight excluding hydrogens is 178 g/mol. The van der Waals surface area contributed by atoms with E-state index in [0.29, 0.717) is 0 Å². The number of hydrogen-bond acceptors (Lipinski definition) is 2. The summed E-state index contributed by atoms with van der Waals surface area (Å²) in [6.07, 6.45) is 0. The molecule has 14 heavy (non-hydrogen) atoms. The average molecular weight is 193 g/mol. The molecule has 76 valence electrons. The topological polar surface area (TPSA) is 49.3 Å². The standard InChI is InChI=1S/C11H15NO2/c1-8(7-13)10-5-3-4-6-11(10)12-9(2)14/h3-6,8,13H,7H2,1-2H3,(H,12,14). The zero-order valence-electron chi connectivity index (χ0n) is 8.45. The SMILES string of the molecule is CC(=O)Nc1ccccc1C(C)CO. The number of para-hydroxylation sites is 1. The molecule has 0 aliphatic carbocycles. The van der Waals surface area contributed by atoms with Gasteiger partial charge in [0.2, 0.25) is 5.91 Å². The lowest BCUT2D eigenvalue weighted by molar-refractivity contribution is -0.114.